The number of amides is 3. The minimum Gasteiger partial charge on any atom is -0.376 e. The summed E-state index contributed by atoms with van der Waals surface area (Å²) in [4.78, 5) is 38.5. The highest BCUT2D eigenvalue weighted by Crippen LogP contribution is 2.27. The molecule has 1 saturated heterocycles. The number of imide groups is 1. The fourth-order valence-corrected chi connectivity index (χ4v) is 3.88. The monoisotopic (exact) mass is 474 g/mol. The molecular formula is C24H27ClN2O6. The van der Waals surface area contributed by atoms with Crippen LogP contribution in [0.3, 0.4) is 0 Å². The highest BCUT2D eigenvalue weighted by Gasteiger charge is 2.38. The Kier molecular flexibility index (Phi) is 7.86. The number of aliphatic hydroxyl groups is 2. The average Bonchev–Trinajstić information content (AvgIpc) is 3.30. The lowest BCUT2D eigenvalue weighted by Gasteiger charge is -2.17. The van der Waals surface area contributed by atoms with Crippen LogP contribution >= 0.6 is 11.6 Å². The van der Waals surface area contributed by atoms with Gasteiger partial charge >= 0.3 is 0 Å². The first-order chi connectivity index (χ1) is 15.5. The Labute approximate surface area is 197 Å². The van der Waals surface area contributed by atoms with E-state index in [1.165, 1.54) is 18.7 Å². The smallest absolute Gasteiger partial charge is 0.261 e. The van der Waals surface area contributed by atoms with Gasteiger partial charge in [0.1, 0.15) is 0 Å². The molecule has 3 N–H and O–H groups in total. The van der Waals surface area contributed by atoms with Gasteiger partial charge in [-0.3, -0.25) is 19.3 Å². The number of nitrogens with one attached hydrogen (secondary N) is 1. The van der Waals surface area contributed by atoms with Crippen molar-refractivity contribution in [2.75, 3.05) is 19.7 Å². The molecule has 0 saturated carbocycles. The molecule has 8 nitrogen and oxygen atoms in total. The van der Waals surface area contributed by atoms with Crippen LogP contribution in [0.1, 0.15) is 51.3 Å². The number of benzene rings is 2. The van der Waals surface area contributed by atoms with Gasteiger partial charge in [0.2, 0.25) is 0 Å². The van der Waals surface area contributed by atoms with E-state index in [9.17, 15) is 14.4 Å². The number of ether oxygens (including phenoxy) is 1. The second-order valence-corrected chi connectivity index (χ2v) is 8.92. The highest BCUT2D eigenvalue weighted by molar-refractivity contribution is 6.33. The van der Waals surface area contributed by atoms with Crippen LogP contribution in [0.2, 0.25) is 5.02 Å². The third kappa shape index (κ3) is 6.61. The van der Waals surface area contributed by atoms with Crippen LogP contribution < -0.4 is 5.32 Å². The van der Waals surface area contributed by atoms with Crippen molar-refractivity contribution in [3.8, 4) is 0 Å². The van der Waals surface area contributed by atoms with Gasteiger partial charge in [-0.1, -0.05) is 35.9 Å². The van der Waals surface area contributed by atoms with Crippen molar-refractivity contribution in [2.45, 2.75) is 32.2 Å². The summed E-state index contributed by atoms with van der Waals surface area (Å²) in [6.07, 6.45) is 0.502. The fourth-order valence-electron chi connectivity index (χ4n) is 3.66. The Hall–Kier alpha value is -2.78. The second-order valence-electron chi connectivity index (χ2n) is 8.51. The zero-order valence-electron chi connectivity index (χ0n) is 18.5. The average molecular weight is 475 g/mol. The first kappa shape index (κ1) is 24.9. The maximum atomic E-state index is 12.5. The summed E-state index contributed by atoms with van der Waals surface area (Å²) in [5.41, 5.74) is 1.33. The van der Waals surface area contributed by atoms with Crippen molar-refractivity contribution < 1.29 is 29.3 Å². The van der Waals surface area contributed by atoms with Gasteiger partial charge in [-0.25, -0.2) is 0 Å². The summed E-state index contributed by atoms with van der Waals surface area (Å²) < 4.78 is 5.74. The molecule has 2 aromatic rings. The molecule has 33 heavy (non-hydrogen) atoms. The molecule has 2 aromatic carbocycles. The van der Waals surface area contributed by atoms with Crippen LogP contribution in [0, 0.1) is 5.92 Å². The van der Waals surface area contributed by atoms with E-state index in [4.69, 9.17) is 26.6 Å². The molecular weight excluding hydrogens is 448 g/mol. The number of hydrogen-bond donors (Lipinski definition) is 3. The van der Waals surface area contributed by atoms with Gasteiger partial charge in [0, 0.05) is 19.0 Å². The van der Waals surface area contributed by atoms with Gasteiger partial charge in [-0.15, -0.1) is 0 Å². The van der Waals surface area contributed by atoms with E-state index in [2.05, 4.69) is 5.32 Å². The molecule has 9 heteroatoms. The van der Waals surface area contributed by atoms with Crippen molar-refractivity contribution in [2.24, 2.45) is 5.92 Å². The number of nitrogens with zero attached hydrogens (tertiary/aromatic N) is 1. The third-order valence-corrected chi connectivity index (χ3v) is 5.42. The summed E-state index contributed by atoms with van der Waals surface area (Å²) in [6, 6.07) is 13.7. The normalized spacial score (nSPS) is 19.7. The lowest BCUT2D eigenvalue weighted by molar-refractivity contribution is -0.127. The molecule has 2 unspecified atom stereocenters. The Bertz CT molecular complexity index is 995. The van der Waals surface area contributed by atoms with E-state index in [1.807, 2.05) is 0 Å². The van der Waals surface area contributed by atoms with E-state index in [1.54, 1.807) is 48.5 Å². The molecule has 176 valence electrons. The number of carbonyl (C=O) groups is 3. The van der Waals surface area contributed by atoms with Crippen LogP contribution in [-0.2, 0) is 4.74 Å². The predicted octanol–water partition coefficient (Wildman–Crippen LogP) is 2.48. The standard InChI is InChI=1S/C21H19ClN2O4.C3H8O2/c22-18-8-4-3-7-17(18)19(25)23-10-14-9-13(12-28-14)11-24-20(26)15-5-1-2-6-16(15)21(24)27;1-3(2,4)5/h1-8,13-14H,9-12H2,(H,23,25);4-5H,1-2H3. The Morgan fingerprint density at radius 1 is 1.09 bits per heavy atom. The first-order valence-corrected chi connectivity index (χ1v) is 11.0. The second kappa shape index (κ2) is 10.4. The molecule has 2 atom stereocenters. The van der Waals surface area contributed by atoms with Gasteiger partial charge in [0.05, 0.1) is 34.4 Å². The predicted molar refractivity (Wildman–Crippen MR) is 122 cm³/mol. The largest absolute Gasteiger partial charge is 0.376 e. The molecule has 2 aliphatic heterocycles. The molecule has 0 spiro atoms. The molecule has 4 rings (SSSR count). The van der Waals surface area contributed by atoms with E-state index in [0.29, 0.717) is 47.8 Å². The summed E-state index contributed by atoms with van der Waals surface area (Å²) in [7, 11) is 0. The molecule has 3 amide bonds. The molecule has 0 radical (unpaired) electrons. The Morgan fingerprint density at radius 3 is 2.21 bits per heavy atom. The third-order valence-electron chi connectivity index (χ3n) is 5.09. The minimum absolute atomic E-state index is 0.0458. The Balaban J connectivity index is 0.000000555. The van der Waals surface area contributed by atoms with Crippen molar-refractivity contribution >= 4 is 29.3 Å². The molecule has 1 fully saturated rings. The van der Waals surface area contributed by atoms with Crippen LogP contribution in [-0.4, -0.2) is 64.4 Å². The van der Waals surface area contributed by atoms with Gasteiger partial charge < -0.3 is 20.3 Å². The summed E-state index contributed by atoms with van der Waals surface area (Å²) in [6.45, 7) is 3.71. The van der Waals surface area contributed by atoms with Gasteiger partial charge in [-0.05, 0) is 44.5 Å². The van der Waals surface area contributed by atoms with Gasteiger partial charge in [0.15, 0.2) is 5.79 Å². The van der Waals surface area contributed by atoms with Crippen molar-refractivity contribution in [3.63, 3.8) is 0 Å². The number of carbonyl (C=O) groups excluding carboxylic acids is 3. The lowest BCUT2D eigenvalue weighted by Crippen LogP contribution is -2.35. The maximum Gasteiger partial charge on any atom is 0.261 e. The number of fused-ring (bicyclic) bond motifs is 1. The molecule has 0 aliphatic carbocycles. The topological polar surface area (TPSA) is 116 Å². The summed E-state index contributed by atoms with van der Waals surface area (Å²) in [5.74, 6) is -2.21. The van der Waals surface area contributed by atoms with E-state index >= 15 is 0 Å². The quantitative estimate of drug-likeness (QED) is 0.453. The molecule has 0 aromatic heterocycles. The SMILES string of the molecule is CC(C)(O)O.O=C(NCC1CC(CN2C(=O)c3ccccc3C2=O)CO1)c1ccccc1Cl. The highest BCUT2D eigenvalue weighted by atomic mass is 35.5. The number of halogens is 1. The number of hydrogen-bond acceptors (Lipinski definition) is 6. The summed E-state index contributed by atoms with van der Waals surface area (Å²) >= 11 is 6.04. The van der Waals surface area contributed by atoms with Crippen molar-refractivity contribution in [1.82, 2.24) is 10.2 Å². The van der Waals surface area contributed by atoms with Gasteiger partial charge in [-0.2, -0.15) is 0 Å². The molecule has 0 bridgehead atoms. The molecule has 2 aliphatic rings. The maximum absolute atomic E-state index is 12.5. The van der Waals surface area contributed by atoms with Crippen LogP contribution in [0.15, 0.2) is 48.5 Å². The number of rotatable bonds is 5. The van der Waals surface area contributed by atoms with Crippen LogP contribution in [0.5, 0.6) is 0 Å². The van der Waals surface area contributed by atoms with E-state index in [0.717, 1.165) is 0 Å². The fraction of sp³-hybridized carbons (Fsp3) is 0.375. The van der Waals surface area contributed by atoms with Crippen LogP contribution in [0.25, 0.3) is 0 Å². The van der Waals surface area contributed by atoms with Crippen LogP contribution in [0.4, 0.5) is 0 Å². The van der Waals surface area contributed by atoms with Crippen molar-refractivity contribution in [3.05, 3.63) is 70.2 Å². The first-order valence-electron chi connectivity index (χ1n) is 10.6. The molecule has 2 heterocycles. The zero-order valence-corrected chi connectivity index (χ0v) is 19.2. The van der Waals surface area contributed by atoms with Crippen molar-refractivity contribution in [1.29, 1.82) is 0 Å². The summed E-state index contributed by atoms with van der Waals surface area (Å²) in [5, 5.41) is 19.4. The van der Waals surface area contributed by atoms with Gasteiger partial charge in [0.25, 0.3) is 17.7 Å². The zero-order chi connectivity index (χ0) is 24.2. The van der Waals surface area contributed by atoms with E-state index < -0.39 is 5.79 Å². The Morgan fingerprint density at radius 2 is 1.64 bits per heavy atom. The lowest BCUT2D eigenvalue weighted by atomic mass is 10.0. The van der Waals surface area contributed by atoms with E-state index in [-0.39, 0.29) is 29.7 Å². The minimum atomic E-state index is -1.50.